The fourth-order valence-corrected chi connectivity index (χ4v) is 2.75. The zero-order valence-electron chi connectivity index (χ0n) is 10.7. The summed E-state index contributed by atoms with van der Waals surface area (Å²) in [6.45, 7) is 2.11. The van der Waals surface area contributed by atoms with Crippen molar-refractivity contribution in [3.8, 4) is 0 Å². The van der Waals surface area contributed by atoms with Crippen molar-refractivity contribution in [2.45, 2.75) is 19.0 Å². The first-order valence-electron chi connectivity index (χ1n) is 6.12. The van der Waals surface area contributed by atoms with Gasteiger partial charge in [0.15, 0.2) is 0 Å². The Morgan fingerprint density at radius 1 is 1.05 bits per heavy atom. The Hall–Kier alpha value is -1.41. The predicted molar refractivity (Wildman–Crippen MR) is 73.9 cm³/mol. The molecule has 0 saturated carbocycles. The zero-order chi connectivity index (χ0) is 13.9. The van der Waals surface area contributed by atoms with E-state index in [1.165, 1.54) is 5.56 Å². The highest BCUT2D eigenvalue weighted by molar-refractivity contribution is 7.49. The van der Waals surface area contributed by atoms with Crippen LogP contribution in [0.5, 0.6) is 0 Å². The van der Waals surface area contributed by atoms with Gasteiger partial charge in [-0.1, -0.05) is 61.5 Å². The number of benzene rings is 2. The van der Waals surface area contributed by atoms with Gasteiger partial charge in [0.05, 0.1) is 0 Å². The van der Waals surface area contributed by atoms with E-state index in [1.807, 2.05) is 30.3 Å². The number of hydrogen-bond donors (Lipinski definition) is 1. The highest BCUT2D eigenvalue weighted by Crippen LogP contribution is 2.34. The first-order chi connectivity index (χ1) is 8.96. The molecule has 2 aromatic carbocycles. The maximum atomic E-state index is 10.8. The normalized spacial score (nSPS) is 15.7. The fraction of sp³-hybridized carbons (Fsp3) is 0.200. The van der Waals surface area contributed by atoms with Crippen molar-refractivity contribution in [2.24, 2.45) is 0 Å². The maximum Gasteiger partial charge on any atom is 0.136 e. The smallest absolute Gasteiger partial charge is 0.136 e. The molecule has 0 fully saturated rings. The third-order valence-corrected chi connectivity index (χ3v) is 3.93. The molecule has 2 rings (SSSR count). The molecule has 0 amide bonds. The van der Waals surface area contributed by atoms with Crippen molar-refractivity contribution >= 4 is 7.60 Å². The molecule has 0 aliphatic rings. The highest BCUT2D eigenvalue weighted by Gasteiger charge is 2.09. The van der Waals surface area contributed by atoms with Gasteiger partial charge < -0.3 is 14.4 Å². The maximum absolute atomic E-state index is 10.8. The van der Waals surface area contributed by atoms with Gasteiger partial charge in [-0.25, -0.2) is 0 Å². The second-order valence-corrected chi connectivity index (χ2v) is 6.26. The third-order valence-electron chi connectivity index (χ3n) is 3.16. The van der Waals surface area contributed by atoms with Crippen LogP contribution in [0.4, 0.5) is 0 Å². The highest BCUT2D eigenvalue weighted by atomic mass is 31.2. The molecule has 0 saturated heterocycles. The minimum absolute atomic E-state index is 0.253. The van der Waals surface area contributed by atoms with Crippen LogP contribution >= 0.6 is 7.60 Å². The first kappa shape index (κ1) is 14.0. The van der Waals surface area contributed by atoms with E-state index in [0.29, 0.717) is 5.56 Å². The lowest BCUT2D eigenvalue weighted by Crippen LogP contribution is -2.02. The van der Waals surface area contributed by atoms with Gasteiger partial charge in [0.25, 0.3) is 0 Å². The number of rotatable bonds is 4. The van der Waals surface area contributed by atoms with Crippen molar-refractivity contribution in [2.75, 3.05) is 0 Å². The Morgan fingerprint density at radius 2 is 1.58 bits per heavy atom. The Kier molecular flexibility index (Phi) is 4.20. The first-order valence-corrected chi connectivity index (χ1v) is 7.88. The lowest BCUT2D eigenvalue weighted by Gasteiger charge is -2.16. The molecule has 0 bridgehead atoms. The lowest BCUT2D eigenvalue weighted by molar-refractivity contribution is -0.194. The fourth-order valence-electron chi connectivity index (χ4n) is 2.08. The standard InChI is InChI=1S/C15H17O3P/c1-12(14-5-3-2-4-6-14)15-9-7-13(8-10-15)11-19(16,17)18/h2-10,12H,11H2,1H3,(H2,16,17,18)/p-1. The van der Waals surface area contributed by atoms with Crippen molar-refractivity contribution < 1.29 is 14.4 Å². The van der Waals surface area contributed by atoms with Gasteiger partial charge in [0, 0.05) is 12.1 Å². The van der Waals surface area contributed by atoms with Crippen LogP contribution in [0.15, 0.2) is 54.6 Å². The molecule has 0 heterocycles. The second-order valence-electron chi connectivity index (χ2n) is 4.67. The van der Waals surface area contributed by atoms with Crippen LogP contribution in [0.25, 0.3) is 0 Å². The summed E-state index contributed by atoms with van der Waals surface area (Å²) in [5.41, 5.74) is 2.94. The summed E-state index contributed by atoms with van der Waals surface area (Å²) >= 11 is 0. The van der Waals surface area contributed by atoms with Gasteiger partial charge in [0.2, 0.25) is 0 Å². The minimum atomic E-state index is -4.23. The monoisotopic (exact) mass is 275 g/mol. The average Bonchev–Trinajstić information content (AvgIpc) is 2.38. The van der Waals surface area contributed by atoms with E-state index in [0.717, 1.165) is 5.56 Å². The molecule has 0 aliphatic heterocycles. The van der Waals surface area contributed by atoms with E-state index >= 15 is 0 Å². The molecule has 0 radical (unpaired) electrons. The van der Waals surface area contributed by atoms with E-state index in [9.17, 15) is 9.46 Å². The summed E-state index contributed by atoms with van der Waals surface area (Å²) in [6.07, 6.45) is -0.313. The Bertz CT molecular complexity index is 572. The van der Waals surface area contributed by atoms with Gasteiger partial charge in [-0.3, -0.25) is 0 Å². The molecule has 1 N–H and O–H groups in total. The summed E-state index contributed by atoms with van der Waals surface area (Å²) < 4.78 is 10.8. The molecule has 0 aliphatic carbocycles. The topological polar surface area (TPSA) is 60.4 Å². The van der Waals surface area contributed by atoms with Crippen molar-refractivity contribution in [1.82, 2.24) is 0 Å². The molecule has 100 valence electrons. The summed E-state index contributed by atoms with van der Waals surface area (Å²) in [7, 11) is -4.23. The molecular formula is C15H16O3P-. The van der Waals surface area contributed by atoms with Crippen LogP contribution in [-0.4, -0.2) is 4.89 Å². The molecule has 0 aromatic heterocycles. The van der Waals surface area contributed by atoms with E-state index < -0.39 is 7.60 Å². The van der Waals surface area contributed by atoms with Crippen LogP contribution in [0.1, 0.15) is 29.5 Å². The summed E-state index contributed by atoms with van der Waals surface area (Å²) in [5, 5.41) is 0. The van der Waals surface area contributed by atoms with Crippen molar-refractivity contribution in [1.29, 1.82) is 0 Å². The second kappa shape index (κ2) is 5.70. The zero-order valence-corrected chi connectivity index (χ0v) is 11.6. The van der Waals surface area contributed by atoms with Gasteiger partial charge in [-0.15, -0.1) is 0 Å². The Balaban J connectivity index is 2.17. The van der Waals surface area contributed by atoms with E-state index in [4.69, 9.17) is 4.89 Å². The molecular weight excluding hydrogens is 259 g/mol. The lowest BCUT2D eigenvalue weighted by atomic mass is 9.93. The molecule has 2 atom stereocenters. The quantitative estimate of drug-likeness (QED) is 0.873. The van der Waals surface area contributed by atoms with E-state index in [2.05, 4.69) is 19.1 Å². The predicted octanol–water partition coefficient (Wildman–Crippen LogP) is 2.88. The van der Waals surface area contributed by atoms with Gasteiger partial charge in [0.1, 0.15) is 7.60 Å². The SMILES string of the molecule is CC(c1ccccc1)c1ccc(CP(=O)([O-])O)cc1. The van der Waals surface area contributed by atoms with Crippen LogP contribution in [0, 0.1) is 0 Å². The van der Waals surface area contributed by atoms with E-state index in [1.54, 1.807) is 12.1 Å². The Morgan fingerprint density at radius 3 is 2.11 bits per heavy atom. The number of hydrogen-bond acceptors (Lipinski definition) is 2. The van der Waals surface area contributed by atoms with Gasteiger partial charge >= 0.3 is 0 Å². The van der Waals surface area contributed by atoms with Crippen LogP contribution in [-0.2, 0) is 10.7 Å². The average molecular weight is 275 g/mol. The van der Waals surface area contributed by atoms with Gasteiger partial charge in [-0.05, 0) is 16.7 Å². The molecule has 19 heavy (non-hydrogen) atoms. The summed E-state index contributed by atoms with van der Waals surface area (Å²) in [5.74, 6) is 0.253. The Labute approximate surface area is 113 Å². The molecule has 4 heteroatoms. The minimum Gasteiger partial charge on any atom is -0.778 e. The van der Waals surface area contributed by atoms with Gasteiger partial charge in [-0.2, -0.15) is 0 Å². The molecule has 2 aromatic rings. The summed E-state index contributed by atoms with van der Waals surface area (Å²) in [6, 6.07) is 17.4. The van der Waals surface area contributed by atoms with Crippen LogP contribution in [0.2, 0.25) is 0 Å². The van der Waals surface area contributed by atoms with E-state index in [-0.39, 0.29) is 12.1 Å². The molecule has 2 unspecified atom stereocenters. The molecule has 0 spiro atoms. The molecule has 3 nitrogen and oxygen atoms in total. The largest absolute Gasteiger partial charge is 0.778 e. The third kappa shape index (κ3) is 4.03. The summed E-state index contributed by atoms with van der Waals surface area (Å²) in [4.78, 5) is 19.7. The van der Waals surface area contributed by atoms with Crippen molar-refractivity contribution in [3.05, 3.63) is 71.3 Å². The van der Waals surface area contributed by atoms with Crippen LogP contribution in [0.3, 0.4) is 0 Å². The van der Waals surface area contributed by atoms with Crippen LogP contribution < -0.4 is 4.89 Å². The van der Waals surface area contributed by atoms with Crippen molar-refractivity contribution in [3.63, 3.8) is 0 Å².